The fourth-order valence-corrected chi connectivity index (χ4v) is 3.02. The molecule has 0 radical (unpaired) electrons. The number of nitrogens with one attached hydrogen (secondary N) is 1. The normalized spacial score (nSPS) is 11.5. The molecule has 0 unspecified atom stereocenters. The molecule has 0 aliphatic rings. The van der Waals surface area contributed by atoms with Crippen molar-refractivity contribution in [3.63, 3.8) is 0 Å². The summed E-state index contributed by atoms with van der Waals surface area (Å²) in [4.78, 5) is 0. The van der Waals surface area contributed by atoms with Crippen LogP contribution in [0.15, 0.2) is 67.1 Å². The average molecular weight is 304 g/mol. The molecule has 1 N–H and O–H groups in total. The quantitative estimate of drug-likeness (QED) is 0.553. The van der Waals surface area contributed by atoms with Crippen LogP contribution >= 0.6 is 0 Å². The monoisotopic (exact) mass is 304 g/mol. The largest absolute Gasteiger partial charge is 0.347 e. The fraction of sp³-hybridized carbons (Fsp3) is 0.211. The Morgan fingerprint density at radius 2 is 1.96 bits per heavy atom. The molecule has 0 spiro atoms. The molecule has 0 amide bonds. The van der Waals surface area contributed by atoms with E-state index in [9.17, 15) is 0 Å². The lowest BCUT2D eigenvalue weighted by Crippen LogP contribution is -2.16. The van der Waals surface area contributed by atoms with Crippen LogP contribution in [-0.2, 0) is 13.1 Å². The molecular weight excluding hydrogens is 284 g/mol. The van der Waals surface area contributed by atoms with Gasteiger partial charge in [0.25, 0.3) is 0 Å². The summed E-state index contributed by atoms with van der Waals surface area (Å²) in [6.45, 7) is 2.95. The van der Waals surface area contributed by atoms with Gasteiger partial charge in [-0.05, 0) is 54.2 Å². The molecule has 4 nitrogen and oxygen atoms in total. The van der Waals surface area contributed by atoms with Gasteiger partial charge in [-0.15, -0.1) is 0 Å². The van der Waals surface area contributed by atoms with Gasteiger partial charge in [0.1, 0.15) is 0 Å². The molecule has 116 valence electrons. The van der Waals surface area contributed by atoms with Crippen molar-refractivity contribution in [3.05, 3.63) is 72.7 Å². The third-order valence-corrected chi connectivity index (χ3v) is 4.23. The van der Waals surface area contributed by atoms with E-state index < -0.39 is 0 Å². The van der Waals surface area contributed by atoms with Crippen molar-refractivity contribution in [2.45, 2.75) is 19.5 Å². The van der Waals surface area contributed by atoms with Crippen molar-refractivity contribution in [1.29, 1.82) is 0 Å². The molecule has 0 atom stereocenters. The summed E-state index contributed by atoms with van der Waals surface area (Å²) in [5.74, 6) is 0. The number of para-hydroxylation sites is 1. The molecule has 0 aliphatic carbocycles. The molecule has 0 fully saturated rings. The van der Waals surface area contributed by atoms with Crippen LogP contribution in [-0.4, -0.2) is 20.7 Å². The second kappa shape index (κ2) is 6.26. The van der Waals surface area contributed by atoms with E-state index >= 15 is 0 Å². The van der Waals surface area contributed by atoms with Crippen molar-refractivity contribution in [2.24, 2.45) is 0 Å². The highest BCUT2D eigenvalue weighted by molar-refractivity contribution is 5.79. The molecular formula is C19H20N4. The maximum atomic E-state index is 4.22. The second-order valence-corrected chi connectivity index (χ2v) is 5.83. The lowest BCUT2D eigenvalue weighted by Gasteiger charge is -2.07. The number of hydrogen-bond donors (Lipinski definition) is 1. The number of aromatic nitrogens is 3. The summed E-state index contributed by atoms with van der Waals surface area (Å²) in [5.41, 5.74) is 3.76. The maximum Gasteiger partial charge on any atom is 0.0664 e. The summed E-state index contributed by atoms with van der Waals surface area (Å²) in [6.07, 6.45) is 7.14. The van der Waals surface area contributed by atoms with Crippen LogP contribution in [0.1, 0.15) is 12.0 Å². The highest BCUT2D eigenvalue weighted by Gasteiger charge is 2.00. The number of hydrogen-bond acceptors (Lipinski definition) is 2. The third kappa shape index (κ3) is 2.98. The molecule has 0 aliphatic heterocycles. The molecule has 4 aromatic rings. The second-order valence-electron chi connectivity index (χ2n) is 5.83. The zero-order chi connectivity index (χ0) is 15.5. The summed E-state index contributed by atoms with van der Waals surface area (Å²) in [5, 5.41) is 9.06. The summed E-state index contributed by atoms with van der Waals surface area (Å²) >= 11 is 0. The number of benzene rings is 1. The number of aryl methyl sites for hydroxylation is 1. The van der Waals surface area contributed by atoms with Crippen LogP contribution in [0.4, 0.5) is 0 Å². The Bertz CT molecular complexity index is 919. The van der Waals surface area contributed by atoms with Gasteiger partial charge in [-0.1, -0.05) is 18.2 Å². The fourth-order valence-electron chi connectivity index (χ4n) is 3.02. The van der Waals surface area contributed by atoms with E-state index in [1.165, 1.54) is 16.5 Å². The Hall–Kier alpha value is -2.59. The van der Waals surface area contributed by atoms with Crippen molar-refractivity contribution >= 4 is 16.4 Å². The highest BCUT2D eigenvalue weighted by Crippen LogP contribution is 2.15. The van der Waals surface area contributed by atoms with Gasteiger partial charge >= 0.3 is 0 Å². The zero-order valence-corrected chi connectivity index (χ0v) is 13.0. The number of rotatable bonds is 6. The van der Waals surface area contributed by atoms with E-state index in [1.54, 1.807) is 0 Å². The van der Waals surface area contributed by atoms with Gasteiger partial charge in [-0.3, -0.25) is 0 Å². The van der Waals surface area contributed by atoms with Crippen LogP contribution < -0.4 is 5.32 Å². The minimum absolute atomic E-state index is 0.897. The van der Waals surface area contributed by atoms with E-state index in [1.807, 2.05) is 23.0 Å². The average Bonchev–Trinajstić information content (AvgIpc) is 3.21. The predicted octanol–water partition coefficient (Wildman–Crippen LogP) is 3.47. The Labute approximate surface area is 135 Å². The van der Waals surface area contributed by atoms with E-state index in [-0.39, 0.29) is 0 Å². The first kappa shape index (κ1) is 14.0. The number of fused-ring (bicyclic) bond motifs is 2. The molecule has 3 aromatic heterocycles. The van der Waals surface area contributed by atoms with Crippen LogP contribution in [0, 0.1) is 0 Å². The smallest absolute Gasteiger partial charge is 0.0664 e. The standard InChI is InChI=1S/C19H20N4/c1-2-5-19-17(4-1)8-12-22(19)11-3-9-20-15-16-7-13-23-18(14-16)6-10-21-23/h1-2,4-8,10,12-14,20H,3,9,11,15H2. The lowest BCUT2D eigenvalue weighted by molar-refractivity contribution is 0.590. The van der Waals surface area contributed by atoms with E-state index in [0.717, 1.165) is 31.6 Å². The van der Waals surface area contributed by atoms with Gasteiger partial charge < -0.3 is 9.88 Å². The summed E-state index contributed by atoms with van der Waals surface area (Å²) in [6, 6.07) is 17.0. The zero-order valence-electron chi connectivity index (χ0n) is 13.0. The van der Waals surface area contributed by atoms with Gasteiger partial charge in [-0.2, -0.15) is 5.10 Å². The van der Waals surface area contributed by atoms with E-state index in [0.29, 0.717) is 0 Å². The maximum absolute atomic E-state index is 4.22. The first-order chi connectivity index (χ1) is 11.4. The van der Waals surface area contributed by atoms with Crippen molar-refractivity contribution < 1.29 is 0 Å². The Kier molecular flexibility index (Phi) is 3.82. The topological polar surface area (TPSA) is 34.3 Å². The molecule has 0 saturated carbocycles. The van der Waals surface area contributed by atoms with Gasteiger partial charge in [0.05, 0.1) is 5.52 Å². The van der Waals surface area contributed by atoms with Gasteiger partial charge in [0, 0.05) is 37.2 Å². The summed E-state index contributed by atoms with van der Waals surface area (Å²) < 4.78 is 4.22. The molecule has 0 saturated heterocycles. The molecule has 3 heterocycles. The lowest BCUT2D eigenvalue weighted by atomic mass is 10.2. The van der Waals surface area contributed by atoms with Gasteiger partial charge in [0.15, 0.2) is 0 Å². The first-order valence-corrected chi connectivity index (χ1v) is 8.07. The number of pyridine rings is 1. The number of nitrogens with zero attached hydrogens (tertiary/aromatic N) is 3. The molecule has 4 rings (SSSR count). The third-order valence-electron chi connectivity index (χ3n) is 4.23. The van der Waals surface area contributed by atoms with Crippen LogP contribution in [0.5, 0.6) is 0 Å². The molecule has 23 heavy (non-hydrogen) atoms. The first-order valence-electron chi connectivity index (χ1n) is 8.07. The minimum Gasteiger partial charge on any atom is -0.347 e. The van der Waals surface area contributed by atoms with Crippen LogP contribution in [0.2, 0.25) is 0 Å². The Morgan fingerprint density at radius 3 is 2.96 bits per heavy atom. The van der Waals surface area contributed by atoms with Gasteiger partial charge in [0.2, 0.25) is 0 Å². The van der Waals surface area contributed by atoms with Gasteiger partial charge in [-0.25, -0.2) is 4.52 Å². The molecule has 4 heteroatoms. The van der Waals surface area contributed by atoms with E-state index in [2.05, 4.69) is 63.6 Å². The summed E-state index contributed by atoms with van der Waals surface area (Å²) in [7, 11) is 0. The Balaban J connectivity index is 1.28. The molecule has 1 aromatic carbocycles. The molecule has 0 bridgehead atoms. The van der Waals surface area contributed by atoms with Crippen molar-refractivity contribution in [3.8, 4) is 0 Å². The Morgan fingerprint density at radius 1 is 1.00 bits per heavy atom. The highest BCUT2D eigenvalue weighted by atomic mass is 15.2. The minimum atomic E-state index is 0.897. The van der Waals surface area contributed by atoms with Crippen molar-refractivity contribution in [1.82, 2.24) is 19.5 Å². The predicted molar refractivity (Wildman–Crippen MR) is 93.5 cm³/mol. The van der Waals surface area contributed by atoms with Crippen LogP contribution in [0.25, 0.3) is 16.4 Å². The van der Waals surface area contributed by atoms with E-state index in [4.69, 9.17) is 0 Å². The SMILES string of the molecule is c1ccc2c(c1)ccn2CCCNCc1ccn2nccc2c1. The van der Waals surface area contributed by atoms with Crippen molar-refractivity contribution in [2.75, 3.05) is 6.54 Å². The van der Waals surface area contributed by atoms with Crippen LogP contribution in [0.3, 0.4) is 0 Å².